The Morgan fingerprint density at radius 1 is 1.44 bits per heavy atom. The van der Waals surface area contributed by atoms with Crippen molar-refractivity contribution in [3.8, 4) is 0 Å². The molecule has 0 saturated carbocycles. The van der Waals surface area contributed by atoms with E-state index in [9.17, 15) is 0 Å². The van der Waals surface area contributed by atoms with Gasteiger partial charge in [0.05, 0.1) is 5.02 Å². The first-order valence-electron chi connectivity index (χ1n) is 6.38. The van der Waals surface area contributed by atoms with Crippen LogP contribution in [0.3, 0.4) is 0 Å². The van der Waals surface area contributed by atoms with Crippen LogP contribution < -0.4 is 5.32 Å². The van der Waals surface area contributed by atoms with Crippen LogP contribution in [-0.4, -0.2) is 42.1 Å². The molecule has 0 fully saturated rings. The molecule has 1 atom stereocenters. The Bertz CT molecular complexity index is 377. The van der Waals surface area contributed by atoms with E-state index in [1.807, 2.05) is 6.07 Å². The second-order valence-electron chi connectivity index (χ2n) is 5.33. The second kappa shape index (κ2) is 6.50. The van der Waals surface area contributed by atoms with E-state index >= 15 is 0 Å². The van der Waals surface area contributed by atoms with Crippen molar-refractivity contribution in [3.05, 3.63) is 29.0 Å². The molecule has 0 amide bonds. The number of pyridine rings is 1. The first-order chi connectivity index (χ1) is 8.39. The topological polar surface area (TPSA) is 28.2 Å². The minimum absolute atomic E-state index is 0.0581. The summed E-state index contributed by atoms with van der Waals surface area (Å²) < 4.78 is 0. The molecule has 1 unspecified atom stereocenters. The standard InChI is InChI=1S/C14H24ClN3/c1-6-17-13(14(2,3)18(4)5)9-11-7-8-16-10-12(11)15/h7-8,10,13,17H,6,9H2,1-5H3. The predicted molar refractivity (Wildman–Crippen MR) is 78.2 cm³/mol. The van der Waals surface area contributed by atoms with Crippen molar-refractivity contribution in [1.82, 2.24) is 15.2 Å². The summed E-state index contributed by atoms with van der Waals surface area (Å²) in [6.45, 7) is 7.57. The number of likely N-dealkylation sites (N-methyl/N-ethyl adjacent to an activating group) is 2. The van der Waals surface area contributed by atoms with Gasteiger partial charge in [-0.3, -0.25) is 4.98 Å². The number of rotatable bonds is 6. The number of nitrogens with one attached hydrogen (secondary N) is 1. The van der Waals surface area contributed by atoms with Crippen LogP contribution >= 0.6 is 11.6 Å². The molecule has 0 saturated heterocycles. The molecule has 1 rings (SSSR count). The van der Waals surface area contributed by atoms with Crippen molar-refractivity contribution in [2.45, 2.75) is 38.8 Å². The lowest BCUT2D eigenvalue weighted by Gasteiger charge is -2.41. The van der Waals surface area contributed by atoms with Crippen LogP contribution in [-0.2, 0) is 6.42 Å². The van der Waals surface area contributed by atoms with Gasteiger partial charge in [0, 0.05) is 24.0 Å². The van der Waals surface area contributed by atoms with Crippen molar-refractivity contribution in [2.75, 3.05) is 20.6 Å². The van der Waals surface area contributed by atoms with Crippen molar-refractivity contribution in [2.24, 2.45) is 0 Å². The molecule has 3 nitrogen and oxygen atoms in total. The fourth-order valence-electron chi connectivity index (χ4n) is 1.92. The molecule has 18 heavy (non-hydrogen) atoms. The quantitative estimate of drug-likeness (QED) is 0.861. The largest absolute Gasteiger partial charge is 0.312 e. The molecule has 4 heteroatoms. The number of halogens is 1. The van der Waals surface area contributed by atoms with Crippen molar-refractivity contribution < 1.29 is 0 Å². The van der Waals surface area contributed by atoms with Crippen LogP contribution in [0.1, 0.15) is 26.3 Å². The van der Waals surface area contributed by atoms with E-state index in [4.69, 9.17) is 11.6 Å². The Kier molecular flexibility index (Phi) is 5.57. The fourth-order valence-corrected chi connectivity index (χ4v) is 2.12. The second-order valence-corrected chi connectivity index (χ2v) is 5.74. The molecule has 1 N–H and O–H groups in total. The molecule has 0 radical (unpaired) electrons. The average molecular weight is 270 g/mol. The number of hydrogen-bond acceptors (Lipinski definition) is 3. The van der Waals surface area contributed by atoms with E-state index < -0.39 is 0 Å². The summed E-state index contributed by atoms with van der Waals surface area (Å²) in [5, 5.41) is 4.30. The summed E-state index contributed by atoms with van der Waals surface area (Å²) in [6, 6.07) is 2.34. The third-order valence-electron chi connectivity index (χ3n) is 3.74. The summed E-state index contributed by atoms with van der Waals surface area (Å²) in [5.41, 5.74) is 1.20. The lowest BCUT2D eigenvalue weighted by Crippen LogP contribution is -2.56. The molecule has 1 aromatic rings. The minimum Gasteiger partial charge on any atom is -0.312 e. The molecule has 1 heterocycles. The SMILES string of the molecule is CCNC(Cc1ccncc1Cl)C(C)(C)N(C)C. The number of nitrogens with zero attached hydrogens (tertiary/aromatic N) is 2. The number of hydrogen-bond donors (Lipinski definition) is 1. The third kappa shape index (κ3) is 3.67. The van der Waals surface area contributed by atoms with Gasteiger partial charge in [0.2, 0.25) is 0 Å². The molecule has 1 aromatic heterocycles. The van der Waals surface area contributed by atoms with Gasteiger partial charge >= 0.3 is 0 Å². The molecular weight excluding hydrogens is 246 g/mol. The zero-order valence-electron chi connectivity index (χ0n) is 12.0. The van der Waals surface area contributed by atoms with Crippen molar-refractivity contribution >= 4 is 11.6 Å². The van der Waals surface area contributed by atoms with Crippen LogP contribution in [0.4, 0.5) is 0 Å². The van der Waals surface area contributed by atoms with Gasteiger partial charge in [-0.05, 0) is 52.5 Å². The van der Waals surface area contributed by atoms with Gasteiger partial charge < -0.3 is 10.2 Å². The molecule has 0 aliphatic heterocycles. The highest BCUT2D eigenvalue weighted by Gasteiger charge is 2.31. The van der Waals surface area contributed by atoms with E-state index in [-0.39, 0.29) is 5.54 Å². The Balaban J connectivity index is 2.91. The first kappa shape index (κ1) is 15.4. The zero-order valence-corrected chi connectivity index (χ0v) is 12.8. The Labute approximate surface area is 116 Å². The minimum atomic E-state index is 0.0581. The Morgan fingerprint density at radius 2 is 2.11 bits per heavy atom. The summed E-state index contributed by atoms with van der Waals surface area (Å²) in [6.07, 6.45) is 4.41. The van der Waals surface area contributed by atoms with Crippen LogP contribution in [0.15, 0.2) is 18.5 Å². The summed E-state index contributed by atoms with van der Waals surface area (Å²) in [7, 11) is 4.22. The maximum Gasteiger partial charge on any atom is 0.0621 e. The molecular formula is C14H24ClN3. The Hall–Kier alpha value is -0.640. The van der Waals surface area contributed by atoms with Crippen LogP contribution in [0.2, 0.25) is 5.02 Å². The van der Waals surface area contributed by atoms with Gasteiger partial charge in [-0.1, -0.05) is 18.5 Å². The zero-order chi connectivity index (χ0) is 13.8. The van der Waals surface area contributed by atoms with E-state index in [1.165, 1.54) is 0 Å². The highest BCUT2D eigenvalue weighted by atomic mass is 35.5. The molecule has 0 bridgehead atoms. The maximum absolute atomic E-state index is 6.19. The monoisotopic (exact) mass is 269 g/mol. The summed E-state index contributed by atoms with van der Waals surface area (Å²) in [5.74, 6) is 0. The smallest absolute Gasteiger partial charge is 0.0621 e. The van der Waals surface area contributed by atoms with Crippen LogP contribution in [0.5, 0.6) is 0 Å². The first-order valence-corrected chi connectivity index (χ1v) is 6.76. The molecule has 0 aliphatic rings. The highest BCUT2D eigenvalue weighted by Crippen LogP contribution is 2.22. The van der Waals surface area contributed by atoms with E-state index in [0.717, 1.165) is 23.6 Å². The van der Waals surface area contributed by atoms with Crippen LogP contribution in [0, 0.1) is 0 Å². The fraction of sp³-hybridized carbons (Fsp3) is 0.643. The number of aromatic nitrogens is 1. The third-order valence-corrected chi connectivity index (χ3v) is 4.08. The van der Waals surface area contributed by atoms with Crippen LogP contribution in [0.25, 0.3) is 0 Å². The van der Waals surface area contributed by atoms with Gasteiger partial charge in [0.1, 0.15) is 0 Å². The van der Waals surface area contributed by atoms with Gasteiger partial charge in [-0.25, -0.2) is 0 Å². The van der Waals surface area contributed by atoms with E-state index in [0.29, 0.717) is 6.04 Å². The van der Waals surface area contributed by atoms with Gasteiger partial charge in [-0.15, -0.1) is 0 Å². The lowest BCUT2D eigenvalue weighted by molar-refractivity contribution is 0.138. The molecule has 102 valence electrons. The predicted octanol–water partition coefficient (Wildman–Crippen LogP) is 2.60. The van der Waals surface area contributed by atoms with Gasteiger partial charge in [0.15, 0.2) is 0 Å². The van der Waals surface area contributed by atoms with Crippen molar-refractivity contribution in [1.29, 1.82) is 0 Å². The van der Waals surface area contributed by atoms with Gasteiger partial charge in [0.25, 0.3) is 0 Å². The molecule has 0 aromatic carbocycles. The van der Waals surface area contributed by atoms with E-state index in [1.54, 1.807) is 12.4 Å². The summed E-state index contributed by atoms with van der Waals surface area (Å²) in [4.78, 5) is 6.28. The van der Waals surface area contributed by atoms with Crippen molar-refractivity contribution in [3.63, 3.8) is 0 Å². The molecule has 0 aliphatic carbocycles. The average Bonchev–Trinajstić information content (AvgIpc) is 2.31. The summed E-state index contributed by atoms with van der Waals surface area (Å²) >= 11 is 6.19. The Morgan fingerprint density at radius 3 is 2.61 bits per heavy atom. The molecule has 0 spiro atoms. The maximum atomic E-state index is 6.19. The normalized spacial score (nSPS) is 13.9. The highest BCUT2D eigenvalue weighted by molar-refractivity contribution is 6.31. The lowest BCUT2D eigenvalue weighted by atomic mass is 9.88. The van der Waals surface area contributed by atoms with Gasteiger partial charge in [-0.2, -0.15) is 0 Å². The van der Waals surface area contributed by atoms with E-state index in [2.05, 4.69) is 50.1 Å².